The standard InChI is InChI=1S/C10H19NO/c1-8-6-9(2,3)11(12)10(4,5)7-8/h6,12H,7H2,1-5H3. The Balaban J connectivity index is 3.02. The molecule has 0 saturated heterocycles. The summed E-state index contributed by atoms with van der Waals surface area (Å²) in [5.41, 5.74) is 0.990. The molecule has 0 bridgehead atoms. The van der Waals surface area contributed by atoms with Gasteiger partial charge in [0.1, 0.15) is 0 Å². The SMILES string of the molecule is CC1=CC(C)(C)N(O)C(C)(C)C1. The predicted octanol–water partition coefficient (Wildman–Crippen LogP) is 2.58. The third-order valence-electron chi connectivity index (χ3n) is 2.43. The maximum atomic E-state index is 9.87. The first-order chi connectivity index (χ1) is 5.26. The second-order valence-electron chi connectivity index (χ2n) is 4.95. The average Bonchev–Trinajstić information content (AvgIpc) is 1.80. The van der Waals surface area contributed by atoms with Crippen LogP contribution >= 0.6 is 0 Å². The summed E-state index contributed by atoms with van der Waals surface area (Å²) in [5.74, 6) is 0. The van der Waals surface area contributed by atoms with Gasteiger partial charge in [0.25, 0.3) is 0 Å². The summed E-state index contributed by atoms with van der Waals surface area (Å²) in [5, 5.41) is 11.3. The quantitative estimate of drug-likeness (QED) is 0.563. The minimum Gasteiger partial charge on any atom is -0.313 e. The van der Waals surface area contributed by atoms with Crippen LogP contribution in [0, 0.1) is 0 Å². The third-order valence-corrected chi connectivity index (χ3v) is 2.43. The van der Waals surface area contributed by atoms with Crippen molar-refractivity contribution >= 4 is 0 Å². The van der Waals surface area contributed by atoms with Crippen molar-refractivity contribution in [2.75, 3.05) is 0 Å². The van der Waals surface area contributed by atoms with Crippen LogP contribution in [0.25, 0.3) is 0 Å². The fraction of sp³-hybridized carbons (Fsp3) is 0.800. The van der Waals surface area contributed by atoms with Gasteiger partial charge in [0.15, 0.2) is 0 Å². The number of hydrogen-bond donors (Lipinski definition) is 1. The van der Waals surface area contributed by atoms with Gasteiger partial charge < -0.3 is 5.21 Å². The van der Waals surface area contributed by atoms with Gasteiger partial charge in [0.05, 0.1) is 5.54 Å². The Morgan fingerprint density at radius 3 is 2.25 bits per heavy atom. The van der Waals surface area contributed by atoms with E-state index in [0.29, 0.717) is 0 Å². The summed E-state index contributed by atoms with van der Waals surface area (Å²) in [6.07, 6.45) is 3.06. The van der Waals surface area contributed by atoms with Crippen molar-refractivity contribution in [3.05, 3.63) is 11.6 Å². The third kappa shape index (κ3) is 1.54. The molecule has 1 aliphatic rings. The predicted molar refractivity (Wildman–Crippen MR) is 50.2 cm³/mol. The minimum atomic E-state index is -0.230. The molecular formula is C10H19NO. The molecule has 2 nitrogen and oxygen atoms in total. The highest BCUT2D eigenvalue weighted by Gasteiger charge is 2.39. The smallest absolute Gasteiger partial charge is 0.0592 e. The van der Waals surface area contributed by atoms with Crippen LogP contribution in [-0.4, -0.2) is 21.3 Å². The molecule has 2 heteroatoms. The maximum Gasteiger partial charge on any atom is 0.0592 e. The topological polar surface area (TPSA) is 23.5 Å². The lowest BCUT2D eigenvalue weighted by molar-refractivity contribution is -0.213. The van der Waals surface area contributed by atoms with Gasteiger partial charge in [-0.2, -0.15) is 5.06 Å². The van der Waals surface area contributed by atoms with Crippen LogP contribution in [0.5, 0.6) is 0 Å². The summed E-state index contributed by atoms with van der Waals surface area (Å²) in [6.45, 7) is 10.3. The normalized spacial score (nSPS) is 28.3. The van der Waals surface area contributed by atoms with Crippen molar-refractivity contribution in [3.8, 4) is 0 Å². The van der Waals surface area contributed by atoms with Crippen LogP contribution in [0.1, 0.15) is 41.0 Å². The van der Waals surface area contributed by atoms with Crippen LogP contribution < -0.4 is 0 Å². The van der Waals surface area contributed by atoms with Crippen LogP contribution in [-0.2, 0) is 0 Å². The van der Waals surface area contributed by atoms with E-state index < -0.39 is 0 Å². The first-order valence-electron chi connectivity index (χ1n) is 4.43. The fourth-order valence-electron chi connectivity index (χ4n) is 2.25. The zero-order valence-electron chi connectivity index (χ0n) is 8.68. The van der Waals surface area contributed by atoms with Crippen molar-refractivity contribution in [2.45, 2.75) is 52.1 Å². The Morgan fingerprint density at radius 1 is 1.33 bits per heavy atom. The van der Waals surface area contributed by atoms with Gasteiger partial charge in [-0.3, -0.25) is 0 Å². The molecule has 0 aromatic heterocycles. The second kappa shape index (κ2) is 2.57. The molecule has 0 aromatic carbocycles. The molecule has 0 unspecified atom stereocenters. The van der Waals surface area contributed by atoms with Gasteiger partial charge in [-0.15, -0.1) is 0 Å². The van der Waals surface area contributed by atoms with Crippen LogP contribution in [0.3, 0.4) is 0 Å². The summed E-state index contributed by atoms with van der Waals surface area (Å²) < 4.78 is 0. The molecule has 0 aliphatic carbocycles. The fourth-order valence-corrected chi connectivity index (χ4v) is 2.25. The first-order valence-corrected chi connectivity index (χ1v) is 4.43. The Kier molecular flexibility index (Phi) is 2.09. The van der Waals surface area contributed by atoms with E-state index in [1.807, 2.05) is 13.8 Å². The van der Waals surface area contributed by atoms with Crippen LogP contribution in [0.15, 0.2) is 11.6 Å². The van der Waals surface area contributed by atoms with Crippen LogP contribution in [0.4, 0.5) is 0 Å². The second-order valence-corrected chi connectivity index (χ2v) is 4.95. The van der Waals surface area contributed by atoms with Crippen molar-refractivity contribution in [3.63, 3.8) is 0 Å². The highest BCUT2D eigenvalue weighted by atomic mass is 16.5. The number of hydroxylamine groups is 2. The summed E-state index contributed by atoms with van der Waals surface area (Å²) in [6, 6.07) is 0. The molecule has 70 valence electrons. The number of rotatable bonds is 0. The number of nitrogens with zero attached hydrogens (tertiary/aromatic N) is 1. The highest BCUT2D eigenvalue weighted by Crippen LogP contribution is 2.34. The van der Waals surface area contributed by atoms with Crippen LogP contribution in [0.2, 0.25) is 0 Å². The van der Waals surface area contributed by atoms with Gasteiger partial charge in [0, 0.05) is 5.54 Å². The molecule has 1 heterocycles. The molecule has 1 N–H and O–H groups in total. The van der Waals surface area contributed by atoms with Gasteiger partial charge in [0.2, 0.25) is 0 Å². The lowest BCUT2D eigenvalue weighted by Crippen LogP contribution is -2.55. The Morgan fingerprint density at radius 2 is 1.83 bits per heavy atom. The van der Waals surface area contributed by atoms with E-state index in [9.17, 15) is 5.21 Å². The van der Waals surface area contributed by atoms with Gasteiger partial charge in [-0.05, 0) is 41.0 Å². The zero-order valence-corrected chi connectivity index (χ0v) is 8.68. The monoisotopic (exact) mass is 169 g/mol. The molecule has 12 heavy (non-hydrogen) atoms. The summed E-state index contributed by atoms with van der Waals surface area (Å²) >= 11 is 0. The first kappa shape index (κ1) is 9.75. The molecule has 0 radical (unpaired) electrons. The summed E-state index contributed by atoms with van der Waals surface area (Å²) in [4.78, 5) is 0. The Hall–Kier alpha value is -0.340. The largest absolute Gasteiger partial charge is 0.313 e. The highest BCUT2D eigenvalue weighted by molar-refractivity contribution is 5.17. The molecule has 0 aromatic rings. The van der Waals surface area contributed by atoms with E-state index in [1.165, 1.54) is 10.6 Å². The maximum absolute atomic E-state index is 9.87. The lowest BCUT2D eigenvalue weighted by atomic mass is 9.83. The van der Waals surface area contributed by atoms with Crippen molar-refractivity contribution < 1.29 is 5.21 Å². The molecule has 0 saturated carbocycles. The lowest BCUT2D eigenvalue weighted by Gasteiger charge is -2.46. The van der Waals surface area contributed by atoms with Gasteiger partial charge >= 0.3 is 0 Å². The summed E-state index contributed by atoms with van der Waals surface area (Å²) in [7, 11) is 0. The van der Waals surface area contributed by atoms with E-state index in [-0.39, 0.29) is 11.1 Å². The zero-order chi connectivity index (χ0) is 9.57. The van der Waals surface area contributed by atoms with E-state index in [1.54, 1.807) is 0 Å². The minimum absolute atomic E-state index is 0.137. The van der Waals surface area contributed by atoms with E-state index >= 15 is 0 Å². The van der Waals surface area contributed by atoms with Gasteiger partial charge in [-0.1, -0.05) is 11.6 Å². The molecular weight excluding hydrogens is 150 g/mol. The molecule has 1 rings (SSSR count). The molecule has 0 fully saturated rings. The average molecular weight is 169 g/mol. The Labute approximate surface area is 74.8 Å². The number of hydrogen-bond acceptors (Lipinski definition) is 2. The van der Waals surface area contributed by atoms with Gasteiger partial charge in [-0.25, -0.2) is 0 Å². The van der Waals surface area contributed by atoms with Crippen molar-refractivity contribution in [2.24, 2.45) is 0 Å². The molecule has 0 atom stereocenters. The molecule has 0 amide bonds. The van der Waals surface area contributed by atoms with E-state index in [2.05, 4.69) is 26.8 Å². The van der Waals surface area contributed by atoms with Crippen molar-refractivity contribution in [1.29, 1.82) is 0 Å². The van der Waals surface area contributed by atoms with Crippen molar-refractivity contribution in [1.82, 2.24) is 5.06 Å². The van der Waals surface area contributed by atoms with E-state index in [0.717, 1.165) is 6.42 Å². The molecule has 1 aliphatic heterocycles. The van der Waals surface area contributed by atoms with E-state index in [4.69, 9.17) is 0 Å². The Bertz CT molecular complexity index is 216. The molecule has 0 spiro atoms.